The average Bonchev–Trinajstić information content (AvgIpc) is 2.46. The highest BCUT2D eigenvalue weighted by Crippen LogP contribution is 2.30. The molecule has 4 nitrogen and oxygen atoms in total. The van der Waals surface area contributed by atoms with Crippen LogP contribution in [0.5, 0.6) is 0 Å². The second-order valence-corrected chi connectivity index (χ2v) is 7.93. The highest BCUT2D eigenvalue weighted by Gasteiger charge is 2.40. The van der Waals surface area contributed by atoms with Gasteiger partial charge in [-0.3, -0.25) is 4.90 Å². The number of halogens is 2. The number of likely N-dealkylation sites (tertiary alicyclic amines) is 2. The second-order valence-electron chi connectivity index (χ2n) is 7.93. The summed E-state index contributed by atoms with van der Waals surface area (Å²) in [5, 5.41) is 0. The maximum atomic E-state index is 15.1. The van der Waals surface area contributed by atoms with E-state index in [1.165, 1.54) is 0 Å². The van der Waals surface area contributed by atoms with Crippen molar-refractivity contribution >= 4 is 6.09 Å². The van der Waals surface area contributed by atoms with Crippen LogP contribution < -0.4 is 0 Å². The Hall–Kier alpha value is -1.35. The van der Waals surface area contributed by atoms with Crippen molar-refractivity contribution < 1.29 is 18.3 Å². The number of amides is 1. The van der Waals surface area contributed by atoms with E-state index in [0.717, 1.165) is 0 Å². The second kappa shape index (κ2) is 7.26. The van der Waals surface area contributed by atoms with Crippen LogP contribution in [0.3, 0.4) is 0 Å². The van der Waals surface area contributed by atoms with Gasteiger partial charge in [0.05, 0.1) is 5.92 Å². The molecular weight excluding hydrogens is 314 g/mol. The van der Waals surface area contributed by atoms with E-state index in [4.69, 9.17) is 11.2 Å². The van der Waals surface area contributed by atoms with Gasteiger partial charge in [0.1, 0.15) is 17.4 Å². The van der Waals surface area contributed by atoms with Gasteiger partial charge >= 0.3 is 6.09 Å². The molecule has 2 aliphatic rings. The molecule has 2 saturated heterocycles. The van der Waals surface area contributed by atoms with Gasteiger partial charge in [-0.05, 0) is 33.7 Å². The standard InChI is InChI=1S/C18H28F2N2O2/c1-5-14-6-9-21(12-15(14)19)13-18(20)7-10-22(11-8-18)16(23)24-17(2,3)4/h1,14-15H,6-13H2,2-4H3/t14-,15+/m1/s1. The topological polar surface area (TPSA) is 32.8 Å². The summed E-state index contributed by atoms with van der Waals surface area (Å²) in [6, 6.07) is 0. The van der Waals surface area contributed by atoms with Crippen molar-refractivity contribution in [2.45, 2.75) is 57.5 Å². The zero-order valence-corrected chi connectivity index (χ0v) is 14.9. The number of alkyl halides is 2. The van der Waals surface area contributed by atoms with Gasteiger partial charge in [-0.1, -0.05) is 0 Å². The predicted molar refractivity (Wildman–Crippen MR) is 89.2 cm³/mol. The Balaban J connectivity index is 1.82. The van der Waals surface area contributed by atoms with Crippen molar-refractivity contribution in [1.29, 1.82) is 0 Å². The third-order valence-corrected chi connectivity index (χ3v) is 4.66. The van der Waals surface area contributed by atoms with Crippen LogP contribution in [0.4, 0.5) is 13.6 Å². The zero-order chi connectivity index (χ0) is 18.0. The third-order valence-electron chi connectivity index (χ3n) is 4.66. The number of ether oxygens (including phenoxy) is 1. The number of piperidine rings is 2. The van der Waals surface area contributed by atoms with E-state index in [2.05, 4.69) is 5.92 Å². The lowest BCUT2D eigenvalue weighted by molar-refractivity contribution is -0.0136. The minimum atomic E-state index is -1.39. The molecule has 24 heavy (non-hydrogen) atoms. The van der Waals surface area contributed by atoms with Crippen LogP contribution in [-0.4, -0.2) is 66.1 Å². The molecule has 136 valence electrons. The van der Waals surface area contributed by atoms with Crippen LogP contribution >= 0.6 is 0 Å². The maximum Gasteiger partial charge on any atom is 0.410 e. The molecule has 0 aliphatic carbocycles. The highest BCUT2D eigenvalue weighted by atomic mass is 19.1. The molecule has 0 aromatic heterocycles. The molecule has 0 spiro atoms. The van der Waals surface area contributed by atoms with E-state index in [0.29, 0.717) is 26.1 Å². The molecular formula is C18H28F2N2O2. The van der Waals surface area contributed by atoms with Gasteiger partial charge in [-0.25, -0.2) is 13.6 Å². The molecule has 0 N–H and O–H groups in total. The normalized spacial score (nSPS) is 28.2. The van der Waals surface area contributed by atoms with E-state index in [1.54, 1.807) is 4.90 Å². The lowest BCUT2D eigenvalue weighted by Gasteiger charge is -2.41. The summed E-state index contributed by atoms with van der Waals surface area (Å²) in [6.07, 6.45) is 4.88. The van der Waals surface area contributed by atoms with Gasteiger partial charge in [0.25, 0.3) is 0 Å². The summed E-state index contributed by atoms with van der Waals surface area (Å²) >= 11 is 0. The van der Waals surface area contributed by atoms with Crippen LogP contribution in [0.2, 0.25) is 0 Å². The van der Waals surface area contributed by atoms with Crippen LogP contribution in [0, 0.1) is 18.3 Å². The van der Waals surface area contributed by atoms with E-state index in [-0.39, 0.29) is 31.8 Å². The molecule has 6 heteroatoms. The molecule has 0 unspecified atom stereocenters. The quantitative estimate of drug-likeness (QED) is 0.723. The maximum absolute atomic E-state index is 15.1. The van der Waals surface area contributed by atoms with Crippen LogP contribution in [0.15, 0.2) is 0 Å². The van der Waals surface area contributed by atoms with E-state index in [1.807, 2.05) is 25.7 Å². The molecule has 0 saturated carbocycles. The summed E-state index contributed by atoms with van der Waals surface area (Å²) in [5.74, 6) is 2.11. The van der Waals surface area contributed by atoms with Crippen molar-refractivity contribution in [2.75, 3.05) is 32.7 Å². The molecule has 0 radical (unpaired) electrons. The van der Waals surface area contributed by atoms with Crippen LogP contribution in [0.1, 0.15) is 40.0 Å². The monoisotopic (exact) mass is 342 g/mol. The Bertz CT molecular complexity index is 490. The molecule has 2 atom stereocenters. The summed E-state index contributed by atoms with van der Waals surface area (Å²) in [4.78, 5) is 15.4. The van der Waals surface area contributed by atoms with Crippen molar-refractivity contribution in [3.63, 3.8) is 0 Å². The highest BCUT2D eigenvalue weighted by molar-refractivity contribution is 5.68. The molecule has 2 fully saturated rings. The number of hydrogen-bond acceptors (Lipinski definition) is 3. The lowest BCUT2D eigenvalue weighted by atomic mass is 9.90. The Morgan fingerprint density at radius 1 is 1.33 bits per heavy atom. The number of rotatable bonds is 2. The minimum Gasteiger partial charge on any atom is -0.444 e. The number of carbonyl (C=O) groups excluding carboxylic acids is 1. The van der Waals surface area contributed by atoms with Gasteiger partial charge in [0.15, 0.2) is 0 Å². The fourth-order valence-corrected chi connectivity index (χ4v) is 3.27. The first-order chi connectivity index (χ1) is 11.1. The van der Waals surface area contributed by atoms with Crippen molar-refractivity contribution in [2.24, 2.45) is 5.92 Å². The molecule has 2 aliphatic heterocycles. The van der Waals surface area contributed by atoms with Gasteiger partial charge < -0.3 is 9.64 Å². The molecule has 2 heterocycles. The van der Waals surface area contributed by atoms with Crippen LogP contribution in [-0.2, 0) is 4.74 Å². The van der Waals surface area contributed by atoms with E-state index in [9.17, 15) is 9.18 Å². The number of nitrogens with zero attached hydrogens (tertiary/aromatic N) is 2. The first kappa shape index (κ1) is 19.0. The van der Waals surface area contributed by atoms with Crippen molar-refractivity contribution in [3.05, 3.63) is 0 Å². The van der Waals surface area contributed by atoms with Gasteiger partial charge in [0, 0.05) is 39.0 Å². The van der Waals surface area contributed by atoms with Gasteiger partial charge in [-0.2, -0.15) is 0 Å². The molecule has 1 amide bonds. The fourth-order valence-electron chi connectivity index (χ4n) is 3.27. The van der Waals surface area contributed by atoms with Crippen molar-refractivity contribution in [3.8, 4) is 12.3 Å². The predicted octanol–water partition coefficient (Wildman–Crippen LogP) is 3.02. The third kappa shape index (κ3) is 5.07. The molecule has 0 aromatic carbocycles. The summed E-state index contributed by atoms with van der Waals surface area (Å²) < 4.78 is 34.3. The average molecular weight is 342 g/mol. The van der Waals surface area contributed by atoms with Crippen molar-refractivity contribution in [1.82, 2.24) is 9.80 Å². The van der Waals surface area contributed by atoms with Crippen LogP contribution in [0.25, 0.3) is 0 Å². The largest absolute Gasteiger partial charge is 0.444 e. The summed E-state index contributed by atoms with van der Waals surface area (Å²) in [5.41, 5.74) is -1.94. The van der Waals surface area contributed by atoms with Gasteiger partial charge in [-0.15, -0.1) is 12.3 Å². The van der Waals surface area contributed by atoms with E-state index < -0.39 is 23.5 Å². The lowest BCUT2D eigenvalue weighted by Crippen LogP contribution is -2.53. The zero-order valence-electron chi connectivity index (χ0n) is 14.9. The Kier molecular flexibility index (Phi) is 5.74. The molecule has 0 aromatic rings. The SMILES string of the molecule is C#C[C@@H]1CCN(CC2(F)CCN(C(=O)OC(C)(C)C)CC2)C[C@@H]1F. The molecule has 0 bridgehead atoms. The number of hydrogen-bond donors (Lipinski definition) is 0. The smallest absolute Gasteiger partial charge is 0.410 e. The number of carbonyl (C=O) groups is 1. The first-order valence-electron chi connectivity index (χ1n) is 8.61. The Morgan fingerprint density at radius 3 is 2.46 bits per heavy atom. The fraction of sp³-hybridized carbons (Fsp3) is 0.833. The van der Waals surface area contributed by atoms with E-state index >= 15 is 4.39 Å². The number of terminal acetylenes is 1. The van der Waals surface area contributed by atoms with Gasteiger partial charge in [0.2, 0.25) is 0 Å². The Morgan fingerprint density at radius 2 is 1.96 bits per heavy atom. The summed E-state index contributed by atoms with van der Waals surface area (Å²) in [6.45, 7) is 7.08. The Labute approximate surface area is 143 Å². The minimum absolute atomic E-state index is 0.191. The first-order valence-corrected chi connectivity index (χ1v) is 8.61. The molecule has 2 rings (SSSR count). The summed E-state index contributed by atoms with van der Waals surface area (Å²) in [7, 11) is 0.